The number of halogens is 1. The molecule has 0 aliphatic carbocycles. The fourth-order valence-electron chi connectivity index (χ4n) is 2.93. The number of rotatable bonds is 12. The Balaban J connectivity index is 2.25. The highest BCUT2D eigenvalue weighted by Gasteiger charge is 2.11. The Morgan fingerprint density at radius 2 is 1.67 bits per heavy atom. The summed E-state index contributed by atoms with van der Waals surface area (Å²) in [5, 5.41) is 3.25. The Bertz CT molecular complexity index is 364. The van der Waals surface area contributed by atoms with Gasteiger partial charge in [0, 0.05) is 0 Å². The zero-order valence-electron chi connectivity index (χ0n) is 13.8. The molecule has 21 heavy (non-hydrogen) atoms. The van der Waals surface area contributed by atoms with Crippen LogP contribution in [0.5, 0.6) is 0 Å². The molecule has 0 heterocycles. The van der Waals surface area contributed by atoms with Crippen LogP contribution in [-0.4, -0.2) is 13.6 Å². The van der Waals surface area contributed by atoms with Crippen molar-refractivity contribution >= 4 is 0 Å². The van der Waals surface area contributed by atoms with Crippen molar-refractivity contribution in [1.29, 1.82) is 0 Å². The minimum Gasteiger partial charge on any atom is -0.319 e. The number of hydrogen-bond acceptors (Lipinski definition) is 1. The second-order valence-electron chi connectivity index (χ2n) is 6.13. The maximum atomic E-state index is 13.7. The summed E-state index contributed by atoms with van der Waals surface area (Å²) in [4.78, 5) is 0. The van der Waals surface area contributed by atoms with Crippen molar-refractivity contribution in [2.45, 2.75) is 64.7 Å². The van der Waals surface area contributed by atoms with Crippen molar-refractivity contribution in [3.63, 3.8) is 0 Å². The van der Waals surface area contributed by atoms with Gasteiger partial charge in [-0.15, -0.1) is 0 Å². The van der Waals surface area contributed by atoms with Gasteiger partial charge in [0.2, 0.25) is 0 Å². The molecule has 0 amide bonds. The van der Waals surface area contributed by atoms with Crippen LogP contribution < -0.4 is 5.32 Å². The first-order valence-corrected chi connectivity index (χ1v) is 8.66. The van der Waals surface area contributed by atoms with Crippen LogP contribution in [0.15, 0.2) is 24.3 Å². The number of benzene rings is 1. The molecular formula is C19H32FN. The van der Waals surface area contributed by atoms with E-state index in [2.05, 4.69) is 12.2 Å². The van der Waals surface area contributed by atoms with E-state index in [0.717, 1.165) is 18.5 Å². The summed E-state index contributed by atoms with van der Waals surface area (Å²) in [5.74, 6) is 0.487. The Hall–Kier alpha value is -0.890. The molecule has 1 nitrogen and oxygen atoms in total. The molecule has 1 aromatic carbocycles. The van der Waals surface area contributed by atoms with Gasteiger partial charge in [0.25, 0.3) is 0 Å². The second kappa shape index (κ2) is 11.7. The third-order valence-corrected chi connectivity index (χ3v) is 4.18. The van der Waals surface area contributed by atoms with Crippen molar-refractivity contribution in [2.24, 2.45) is 5.92 Å². The number of hydrogen-bond donors (Lipinski definition) is 1. The van der Waals surface area contributed by atoms with Crippen LogP contribution in [0, 0.1) is 11.7 Å². The molecule has 0 bridgehead atoms. The quantitative estimate of drug-likeness (QED) is 0.513. The molecule has 0 fully saturated rings. The zero-order valence-corrected chi connectivity index (χ0v) is 13.8. The summed E-state index contributed by atoms with van der Waals surface area (Å²) < 4.78 is 13.7. The molecule has 120 valence electrons. The summed E-state index contributed by atoms with van der Waals surface area (Å²) >= 11 is 0. The monoisotopic (exact) mass is 293 g/mol. The van der Waals surface area contributed by atoms with Gasteiger partial charge in [0.15, 0.2) is 0 Å². The summed E-state index contributed by atoms with van der Waals surface area (Å²) in [7, 11) is 1.99. The van der Waals surface area contributed by atoms with Crippen LogP contribution in [0.3, 0.4) is 0 Å². The van der Waals surface area contributed by atoms with Crippen LogP contribution in [-0.2, 0) is 6.42 Å². The molecule has 1 rings (SSSR count). The maximum absolute atomic E-state index is 13.7. The van der Waals surface area contributed by atoms with Crippen LogP contribution in [0.4, 0.5) is 4.39 Å². The molecule has 0 radical (unpaired) electrons. The van der Waals surface area contributed by atoms with Crippen molar-refractivity contribution < 1.29 is 4.39 Å². The van der Waals surface area contributed by atoms with Crippen LogP contribution >= 0.6 is 0 Å². The first-order chi connectivity index (χ1) is 10.3. The highest BCUT2D eigenvalue weighted by molar-refractivity contribution is 5.17. The Morgan fingerprint density at radius 1 is 1.00 bits per heavy atom. The smallest absolute Gasteiger partial charge is 0.126 e. The van der Waals surface area contributed by atoms with Gasteiger partial charge in [0.05, 0.1) is 0 Å². The van der Waals surface area contributed by atoms with Gasteiger partial charge in [-0.05, 0) is 44.0 Å². The first kappa shape index (κ1) is 18.2. The highest BCUT2D eigenvalue weighted by atomic mass is 19.1. The van der Waals surface area contributed by atoms with Crippen molar-refractivity contribution in [2.75, 3.05) is 13.6 Å². The third kappa shape index (κ3) is 8.21. The van der Waals surface area contributed by atoms with Gasteiger partial charge in [-0.1, -0.05) is 70.1 Å². The maximum Gasteiger partial charge on any atom is 0.126 e. The Labute approximate surface area is 130 Å². The van der Waals surface area contributed by atoms with E-state index in [1.54, 1.807) is 12.1 Å². The summed E-state index contributed by atoms with van der Waals surface area (Å²) in [6.45, 7) is 3.23. The molecule has 2 heteroatoms. The molecule has 1 aromatic rings. The Kier molecular flexibility index (Phi) is 10.1. The lowest BCUT2D eigenvalue weighted by molar-refractivity contribution is 0.425. The molecule has 0 aromatic heterocycles. The van der Waals surface area contributed by atoms with Crippen molar-refractivity contribution in [3.05, 3.63) is 35.6 Å². The standard InChI is InChI=1S/C19H32FN/c1-3-4-5-6-7-8-9-12-17(16-21-2)15-18-13-10-11-14-19(18)20/h10-11,13-14,17,21H,3-9,12,15-16H2,1-2H3. The van der Waals surface area contributed by atoms with Gasteiger partial charge >= 0.3 is 0 Å². The fourth-order valence-corrected chi connectivity index (χ4v) is 2.93. The van der Waals surface area contributed by atoms with Crippen molar-refractivity contribution in [1.82, 2.24) is 5.32 Å². The molecule has 0 saturated heterocycles. The first-order valence-electron chi connectivity index (χ1n) is 8.66. The summed E-state index contributed by atoms with van der Waals surface area (Å²) in [5.41, 5.74) is 0.862. The minimum atomic E-state index is -0.0573. The third-order valence-electron chi connectivity index (χ3n) is 4.18. The van der Waals surface area contributed by atoms with E-state index >= 15 is 0 Å². The van der Waals surface area contributed by atoms with Crippen LogP contribution in [0.2, 0.25) is 0 Å². The molecule has 1 N–H and O–H groups in total. The normalized spacial score (nSPS) is 12.5. The Morgan fingerprint density at radius 3 is 2.33 bits per heavy atom. The van der Waals surface area contributed by atoms with E-state index in [0.29, 0.717) is 5.92 Å². The van der Waals surface area contributed by atoms with E-state index in [1.807, 2.05) is 19.2 Å². The van der Waals surface area contributed by atoms with Gasteiger partial charge < -0.3 is 5.32 Å². The average Bonchev–Trinajstić information content (AvgIpc) is 2.48. The molecule has 1 atom stereocenters. The summed E-state index contributed by atoms with van der Waals surface area (Å²) in [6.07, 6.45) is 11.4. The van der Waals surface area contributed by atoms with E-state index in [-0.39, 0.29) is 5.82 Å². The SMILES string of the molecule is CCCCCCCCCC(CNC)Cc1ccccc1F. The molecule has 0 aliphatic heterocycles. The lowest BCUT2D eigenvalue weighted by Crippen LogP contribution is -2.21. The highest BCUT2D eigenvalue weighted by Crippen LogP contribution is 2.18. The van der Waals surface area contributed by atoms with E-state index in [4.69, 9.17) is 0 Å². The van der Waals surface area contributed by atoms with Gasteiger partial charge in [0.1, 0.15) is 5.82 Å². The number of nitrogens with one attached hydrogen (secondary N) is 1. The van der Waals surface area contributed by atoms with E-state index < -0.39 is 0 Å². The minimum absolute atomic E-state index is 0.0573. The average molecular weight is 293 g/mol. The predicted octanol–water partition coefficient (Wildman–Crippen LogP) is 5.34. The largest absolute Gasteiger partial charge is 0.319 e. The van der Waals surface area contributed by atoms with Crippen LogP contribution in [0.25, 0.3) is 0 Å². The van der Waals surface area contributed by atoms with E-state index in [9.17, 15) is 4.39 Å². The van der Waals surface area contributed by atoms with Gasteiger partial charge in [-0.2, -0.15) is 0 Å². The molecule has 0 aliphatic rings. The van der Waals surface area contributed by atoms with Gasteiger partial charge in [-0.3, -0.25) is 0 Å². The number of unbranched alkanes of at least 4 members (excludes halogenated alkanes) is 6. The van der Waals surface area contributed by atoms with Crippen LogP contribution in [0.1, 0.15) is 63.9 Å². The zero-order chi connectivity index (χ0) is 15.3. The van der Waals surface area contributed by atoms with Gasteiger partial charge in [-0.25, -0.2) is 4.39 Å². The van der Waals surface area contributed by atoms with E-state index in [1.165, 1.54) is 51.4 Å². The summed E-state index contributed by atoms with van der Waals surface area (Å²) in [6, 6.07) is 7.19. The fraction of sp³-hybridized carbons (Fsp3) is 0.684. The molecule has 1 unspecified atom stereocenters. The lowest BCUT2D eigenvalue weighted by atomic mass is 9.93. The molecule has 0 saturated carbocycles. The lowest BCUT2D eigenvalue weighted by Gasteiger charge is -2.17. The second-order valence-corrected chi connectivity index (χ2v) is 6.13. The topological polar surface area (TPSA) is 12.0 Å². The predicted molar refractivity (Wildman–Crippen MR) is 90.1 cm³/mol. The molecule has 0 spiro atoms. The van der Waals surface area contributed by atoms with Crippen molar-refractivity contribution in [3.8, 4) is 0 Å². The molecular weight excluding hydrogens is 261 g/mol.